The summed E-state index contributed by atoms with van der Waals surface area (Å²) in [5.74, 6) is -0.671. The average Bonchev–Trinajstić information content (AvgIpc) is 3.15. The van der Waals surface area contributed by atoms with Gasteiger partial charge in [-0.3, -0.25) is 5.32 Å². The highest BCUT2D eigenvalue weighted by molar-refractivity contribution is 8.13. The quantitative estimate of drug-likeness (QED) is 0.607. The number of halogens is 2. The third-order valence-electron chi connectivity index (χ3n) is 5.79. The molecule has 1 amide bonds. The Kier molecular flexibility index (Phi) is 6.52. The van der Waals surface area contributed by atoms with E-state index in [1.54, 1.807) is 26.8 Å². The molecule has 12 heteroatoms. The summed E-state index contributed by atoms with van der Waals surface area (Å²) >= 11 is 1.34. The van der Waals surface area contributed by atoms with Gasteiger partial charge in [-0.25, -0.2) is 19.2 Å². The molecule has 1 fully saturated rings. The lowest BCUT2D eigenvalue weighted by Gasteiger charge is -2.35. The number of thioether (sulfide) groups is 1. The maximum absolute atomic E-state index is 15.2. The fraction of sp³-hybridized carbons (Fsp3) is 0.478. The zero-order valence-electron chi connectivity index (χ0n) is 20.2. The molecule has 9 nitrogen and oxygen atoms in total. The molecule has 35 heavy (non-hydrogen) atoms. The van der Waals surface area contributed by atoms with E-state index in [0.29, 0.717) is 28.7 Å². The molecule has 2 atom stereocenters. The van der Waals surface area contributed by atoms with E-state index < -0.39 is 28.9 Å². The molecule has 1 aromatic heterocycles. The third kappa shape index (κ3) is 4.97. The number of hydrogen-bond acceptors (Lipinski definition) is 9. The fourth-order valence-electron chi connectivity index (χ4n) is 4.25. The summed E-state index contributed by atoms with van der Waals surface area (Å²) in [4.78, 5) is 27.6. The predicted octanol–water partition coefficient (Wildman–Crippen LogP) is 3.61. The molecule has 0 spiro atoms. The van der Waals surface area contributed by atoms with Gasteiger partial charge in [-0.1, -0.05) is 11.8 Å². The Balaban J connectivity index is 1.76. The first kappa shape index (κ1) is 25.0. The van der Waals surface area contributed by atoms with E-state index in [4.69, 9.17) is 20.2 Å². The molecule has 0 unspecified atom stereocenters. The summed E-state index contributed by atoms with van der Waals surface area (Å²) in [7, 11) is 1.33. The Morgan fingerprint density at radius 3 is 2.74 bits per heavy atom. The molecule has 2 aromatic rings. The summed E-state index contributed by atoms with van der Waals surface area (Å²) in [6.45, 7) is 7.42. The number of nitrogens with one attached hydrogen (secondary N) is 1. The normalized spacial score (nSPS) is 21.9. The molecule has 0 aliphatic carbocycles. The maximum Gasteiger partial charge on any atom is 0.413 e. The van der Waals surface area contributed by atoms with Crippen molar-refractivity contribution in [2.45, 2.75) is 38.8 Å². The van der Waals surface area contributed by atoms with Gasteiger partial charge < -0.3 is 20.1 Å². The number of aliphatic imine (C=N–C) groups is 1. The summed E-state index contributed by atoms with van der Waals surface area (Å²) in [6, 6.07) is 4.35. The number of fused-ring (bicyclic) bond motifs is 1. The van der Waals surface area contributed by atoms with Crippen LogP contribution in [0.25, 0.3) is 0 Å². The van der Waals surface area contributed by atoms with Crippen LogP contribution in [-0.2, 0) is 10.3 Å². The minimum atomic E-state index is -1.09. The van der Waals surface area contributed by atoms with Gasteiger partial charge in [0.05, 0.1) is 19.3 Å². The van der Waals surface area contributed by atoms with Crippen molar-refractivity contribution in [1.29, 1.82) is 0 Å². The predicted molar refractivity (Wildman–Crippen MR) is 131 cm³/mol. The van der Waals surface area contributed by atoms with E-state index in [-0.39, 0.29) is 30.0 Å². The number of amides is 1. The molecule has 4 rings (SSSR count). The Morgan fingerprint density at radius 1 is 1.31 bits per heavy atom. The summed E-state index contributed by atoms with van der Waals surface area (Å²) in [5, 5.41) is 3.00. The topological polar surface area (TPSA) is 115 Å². The lowest BCUT2D eigenvalue weighted by Crippen LogP contribution is -2.44. The summed E-state index contributed by atoms with van der Waals surface area (Å²) in [5.41, 5.74) is 5.06. The second-order valence-electron chi connectivity index (χ2n) is 9.53. The number of rotatable bonds is 3. The first-order valence-corrected chi connectivity index (χ1v) is 12.0. The molecule has 2 aliphatic rings. The molecule has 2 aliphatic heterocycles. The maximum atomic E-state index is 15.2. The Labute approximate surface area is 206 Å². The number of nitrogen functional groups attached to an aromatic ring is 1. The van der Waals surface area contributed by atoms with E-state index in [0.717, 1.165) is 0 Å². The fourth-order valence-corrected chi connectivity index (χ4v) is 5.38. The monoisotopic (exact) mass is 506 g/mol. The van der Waals surface area contributed by atoms with Crippen LogP contribution in [-0.4, -0.2) is 52.8 Å². The number of carbonyl (C=O) groups is 1. The van der Waals surface area contributed by atoms with Crippen molar-refractivity contribution in [2.24, 2.45) is 10.9 Å². The Morgan fingerprint density at radius 2 is 2.06 bits per heavy atom. The molecule has 3 N–H and O–H groups in total. The first-order valence-electron chi connectivity index (χ1n) is 11.0. The third-order valence-corrected chi connectivity index (χ3v) is 6.82. The van der Waals surface area contributed by atoms with Gasteiger partial charge in [0.15, 0.2) is 5.17 Å². The van der Waals surface area contributed by atoms with Gasteiger partial charge in [0.1, 0.15) is 17.0 Å². The standard InChI is InChI=1S/C23H28F2N6O3S/c1-12-17(25)18(33-5)28-19(27-12)31-9-13-10-35-20(29-21(32)34-22(2,3)4)30-23(13,11-31)15-8-14(26)6-7-16(15)24/h6-8,13H,9-11,26H2,1-5H3,(H,29,30,32)/t13-,23-/m0/s1. The van der Waals surface area contributed by atoms with Crippen molar-refractivity contribution in [2.75, 3.05) is 36.6 Å². The van der Waals surface area contributed by atoms with Gasteiger partial charge in [-0.15, -0.1) is 0 Å². The van der Waals surface area contributed by atoms with Crippen LogP contribution >= 0.6 is 11.8 Å². The van der Waals surface area contributed by atoms with Crippen molar-refractivity contribution in [3.63, 3.8) is 0 Å². The molecule has 3 heterocycles. The number of alkyl carbamates (subject to hydrolysis) is 1. The largest absolute Gasteiger partial charge is 0.479 e. The van der Waals surface area contributed by atoms with Gasteiger partial charge in [0.25, 0.3) is 5.88 Å². The van der Waals surface area contributed by atoms with Crippen LogP contribution in [0.1, 0.15) is 32.0 Å². The van der Waals surface area contributed by atoms with Gasteiger partial charge in [0, 0.05) is 29.5 Å². The molecule has 0 saturated carbocycles. The number of amidine groups is 1. The number of hydrogen-bond donors (Lipinski definition) is 2. The first-order chi connectivity index (χ1) is 16.4. The van der Waals surface area contributed by atoms with Crippen LogP contribution < -0.4 is 20.7 Å². The number of nitrogens with zero attached hydrogens (tertiary/aromatic N) is 4. The smallest absolute Gasteiger partial charge is 0.413 e. The number of anilines is 2. The Hall–Kier alpha value is -3.15. The SMILES string of the molecule is COc1nc(N2C[C@H]3CSC(NC(=O)OC(C)(C)C)=N[C@@]3(c3cc(N)ccc3F)C2)nc(C)c1F. The van der Waals surface area contributed by atoms with E-state index in [2.05, 4.69) is 15.3 Å². The summed E-state index contributed by atoms with van der Waals surface area (Å²) in [6.07, 6.45) is -0.650. The number of aryl methyl sites for hydroxylation is 1. The van der Waals surface area contributed by atoms with Crippen molar-refractivity contribution in [3.05, 3.63) is 41.1 Å². The van der Waals surface area contributed by atoms with Crippen molar-refractivity contribution in [1.82, 2.24) is 15.3 Å². The number of benzene rings is 1. The highest BCUT2D eigenvalue weighted by Crippen LogP contribution is 2.47. The Bertz CT molecular complexity index is 1190. The highest BCUT2D eigenvalue weighted by atomic mass is 32.2. The molecule has 188 valence electrons. The van der Waals surface area contributed by atoms with Crippen LogP contribution in [0.15, 0.2) is 23.2 Å². The van der Waals surface area contributed by atoms with Gasteiger partial charge in [0.2, 0.25) is 11.8 Å². The van der Waals surface area contributed by atoms with Gasteiger partial charge >= 0.3 is 6.09 Å². The second-order valence-corrected chi connectivity index (χ2v) is 10.5. The minimum absolute atomic E-state index is 0.135. The van der Waals surface area contributed by atoms with E-state index in [9.17, 15) is 9.18 Å². The highest BCUT2D eigenvalue weighted by Gasteiger charge is 2.52. The zero-order chi connectivity index (χ0) is 25.5. The van der Waals surface area contributed by atoms with Crippen molar-refractivity contribution < 1.29 is 23.0 Å². The van der Waals surface area contributed by atoms with Crippen LogP contribution in [0.3, 0.4) is 0 Å². The average molecular weight is 507 g/mol. The number of nitrogens with two attached hydrogens (primary N) is 1. The number of carbonyl (C=O) groups excluding carboxylic acids is 1. The number of methoxy groups -OCH3 is 1. The van der Waals surface area contributed by atoms with E-state index in [1.807, 2.05) is 4.90 Å². The lowest BCUT2D eigenvalue weighted by atomic mass is 9.81. The van der Waals surface area contributed by atoms with E-state index in [1.165, 1.54) is 37.9 Å². The minimum Gasteiger partial charge on any atom is -0.479 e. The summed E-state index contributed by atoms with van der Waals surface area (Å²) < 4.78 is 39.9. The second kappa shape index (κ2) is 9.14. The van der Waals surface area contributed by atoms with Crippen LogP contribution in [0.5, 0.6) is 5.88 Å². The van der Waals surface area contributed by atoms with Gasteiger partial charge in [-0.05, 0) is 45.9 Å². The molecule has 1 saturated heterocycles. The molecular formula is C23H28F2N6O3S. The molecule has 0 bridgehead atoms. The molecule has 0 radical (unpaired) electrons. The van der Waals surface area contributed by atoms with Crippen molar-refractivity contribution in [3.8, 4) is 5.88 Å². The molecule has 1 aromatic carbocycles. The van der Waals surface area contributed by atoms with E-state index >= 15 is 4.39 Å². The number of aromatic nitrogens is 2. The number of ether oxygens (including phenoxy) is 2. The lowest BCUT2D eigenvalue weighted by molar-refractivity contribution is 0.0564. The van der Waals surface area contributed by atoms with Crippen LogP contribution in [0.4, 0.5) is 25.2 Å². The van der Waals surface area contributed by atoms with Gasteiger partial charge in [-0.2, -0.15) is 9.37 Å². The molecular weight excluding hydrogens is 478 g/mol. The zero-order valence-corrected chi connectivity index (χ0v) is 21.0. The van der Waals surface area contributed by atoms with Crippen LogP contribution in [0.2, 0.25) is 0 Å². The van der Waals surface area contributed by atoms with Crippen molar-refractivity contribution >= 4 is 34.7 Å². The van der Waals surface area contributed by atoms with Crippen LogP contribution in [0, 0.1) is 24.5 Å².